The Hall–Kier alpha value is -2.01. The zero-order chi connectivity index (χ0) is 16.5. The molecule has 0 heterocycles. The van der Waals surface area contributed by atoms with Gasteiger partial charge in [0.25, 0.3) is 0 Å². The first kappa shape index (κ1) is 15.9. The number of esters is 1. The van der Waals surface area contributed by atoms with E-state index in [-0.39, 0.29) is 13.0 Å². The van der Waals surface area contributed by atoms with E-state index in [1.165, 1.54) is 6.92 Å². The standard InChI is InChI=1S/C18H17FO3S/c1-17(16(20)22-12-14-8-4-2-5-9-14)13-18(17,19)23(21)15-10-6-3-7-11-15/h2-11H,12-13H2,1H3. The number of alkyl halides is 1. The van der Waals surface area contributed by atoms with E-state index in [2.05, 4.69) is 0 Å². The molecule has 23 heavy (non-hydrogen) atoms. The summed E-state index contributed by atoms with van der Waals surface area (Å²) < 4.78 is 32.7. The predicted octanol–water partition coefficient (Wildman–Crippen LogP) is 3.61. The van der Waals surface area contributed by atoms with E-state index in [0.717, 1.165) is 5.56 Å². The summed E-state index contributed by atoms with van der Waals surface area (Å²) in [6.07, 6.45) is -0.0882. The molecule has 2 aromatic carbocycles. The summed E-state index contributed by atoms with van der Waals surface area (Å²) in [6.45, 7) is 1.56. The van der Waals surface area contributed by atoms with E-state index < -0.39 is 27.2 Å². The number of rotatable bonds is 5. The van der Waals surface area contributed by atoms with Crippen LogP contribution >= 0.6 is 0 Å². The van der Waals surface area contributed by atoms with Crippen molar-refractivity contribution in [2.24, 2.45) is 5.41 Å². The van der Waals surface area contributed by atoms with Gasteiger partial charge in [-0.2, -0.15) is 0 Å². The van der Waals surface area contributed by atoms with Gasteiger partial charge in [-0.05, 0) is 24.6 Å². The minimum absolute atomic E-state index is 0.0866. The van der Waals surface area contributed by atoms with Crippen LogP contribution in [-0.2, 0) is 26.9 Å². The van der Waals surface area contributed by atoms with E-state index in [4.69, 9.17) is 4.74 Å². The quantitative estimate of drug-likeness (QED) is 0.786. The zero-order valence-electron chi connectivity index (χ0n) is 12.7. The van der Waals surface area contributed by atoms with Gasteiger partial charge in [-0.25, -0.2) is 4.39 Å². The van der Waals surface area contributed by atoms with Crippen LogP contribution in [0, 0.1) is 5.41 Å². The molecule has 3 unspecified atom stereocenters. The van der Waals surface area contributed by atoms with Crippen LogP contribution in [0.5, 0.6) is 0 Å². The highest BCUT2D eigenvalue weighted by Crippen LogP contribution is 2.63. The van der Waals surface area contributed by atoms with Crippen molar-refractivity contribution in [3.8, 4) is 0 Å². The summed E-state index contributed by atoms with van der Waals surface area (Å²) in [5, 5.41) is -2.07. The van der Waals surface area contributed by atoms with Crippen LogP contribution in [0.15, 0.2) is 65.6 Å². The maximum absolute atomic E-state index is 15.0. The maximum atomic E-state index is 15.0. The number of benzene rings is 2. The van der Waals surface area contributed by atoms with Gasteiger partial charge in [0, 0.05) is 11.3 Å². The average molecular weight is 332 g/mol. The molecule has 0 amide bonds. The molecule has 0 spiro atoms. The fourth-order valence-electron chi connectivity index (χ4n) is 2.52. The molecule has 1 aliphatic rings. The second-order valence-electron chi connectivity index (χ2n) is 5.88. The molecular weight excluding hydrogens is 315 g/mol. The Balaban J connectivity index is 1.69. The lowest BCUT2D eigenvalue weighted by Crippen LogP contribution is -2.27. The highest BCUT2D eigenvalue weighted by Gasteiger charge is 2.75. The van der Waals surface area contributed by atoms with Crippen LogP contribution in [-0.4, -0.2) is 15.2 Å². The lowest BCUT2D eigenvalue weighted by atomic mass is 10.1. The summed E-state index contributed by atoms with van der Waals surface area (Å²) >= 11 is 0. The van der Waals surface area contributed by atoms with Gasteiger partial charge in [-0.15, -0.1) is 0 Å². The Morgan fingerprint density at radius 2 is 1.70 bits per heavy atom. The van der Waals surface area contributed by atoms with E-state index in [0.29, 0.717) is 4.90 Å². The average Bonchev–Trinajstić information content (AvgIpc) is 3.18. The molecule has 0 saturated heterocycles. The molecule has 3 nitrogen and oxygen atoms in total. The molecule has 1 aliphatic carbocycles. The summed E-state index contributed by atoms with van der Waals surface area (Å²) in [5.41, 5.74) is -0.526. The van der Waals surface area contributed by atoms with Crippen molar-refractivity contribution in [1.29, 1.82) is 0 Å². The minimum Gasteiger partial charge on any atom is -0.460 e. The van der Waals surface area contributed by atoms with Crippen LogP contribution in [0.25, 0.3) is 0 Å². The number of hydrogen-bond acceptors (Lipinski definition) is 3. The summed E-state index contributed by atoms with van der Waals surface area (Å²) in [7, 11) is -1.90. The Kier molecular flexibility index (Phi) is 4.06. The normalized spacial score (nSPS) is 27.2. The van der Waals surface area contributed by atoms with Gasteiger partial charge in [-0.1, -0.05) is 48.5 Å². The maximum Gasteiger partial charge on any atom is 0.316 e. The van der Waals surface area contributed by atoms with Gasteiger partial charge in [0.15, 0.2) is 0 Å². The molecule has 120 valence electrons. The van der Waals surface area contributed by atoms with Gasteiger partial charge in [0.1, 0.15) is 12.0 Å². The molecule has 5 heteroatoms. The summed E-state index contributed by atoms with van der Waals surface area (Å²) in [6, 6.07) is 17.6. The lowest BCUT2D eigenvalue weighted by Gasteiger charge is -2.15. The first-order valence-corrected chi connectivity index (χ1v) is 8.49. The molecule has 0 aromatic heterocycles. The Bertz CT molecular complexity index is 734. The van der Waals surface area contributed by atoms with Gasteiger partial charge < -0.3 is 4.74 Å². The highest BCUT2D eigenvalue weighted by molar-refractivity contribution is 7.86. The van der Waals surface area contributed by atoms with Crippen molar-refractivity contribution in [2.75, 3.05) is 0 Å². The largest absolute Gasteiger partial charge is 0.460 e. The fourth-order valence-corrected chi connectivity index (χ4v) is 4.21. The van der Waals surface area contributed by atoms with E-state index in [9.17, 15) is 9.00 Å². The number of hydrogen-bond donors (Lipinski definition) is 0. The number of carbonyl (C=O) groups is 1. The van der Waals surface area contributed by atoms with Gasteiger partial charge >= 0.3 is 5.97 Å². The third kappa shape index (κ3) is 2.81. The van der Waals surface area contributed by atoms with Crippen molar-refractivity contribution in [3.05, 3.63) is 66.2 Å². The van der Waals surface area contributed by atoms with Gasteiger partial charge in [-0.3, -0.25) is 9.00 Å². The van der Waals surface area contributed by atoms with Crippen molar-refractivity contribution in [3.63, 3.8) is 0 Å². The molecule has 0 radical (unpaired) electrons. The molecule has 1 fully saturated rings. The Morgan fingerprint density at radius 1 is 1.13 bits per heavy atom. The van der Waals surface area contributed by atoms with Crippen LogP contribution in [0.2, 0.25) is 0 Å². The van der Waals surface area contributed by atoms with Gasteiger partial charge in [0.2, 0.25) is 5.00 Å². The van der Waals surface area contributed by atoms with Gasteiger partial charge in [0.05, 0.1) is 10.8 Å². The third-order valence-electron chi connectivity index (χ3n) is 4.19. The molecule has 3 atom stereocenters. The van der Waals surface area contributed by atoms with Crippen LogP contribution < -0.4 is 0 Å². The monoisotopic (exact) mass is 332 g/mol. The van der Waals surface area contributed by atoms with Crippen LogP contribution in [0.1, 0.15) is 18.9 Å². The number of halogens is 1. The fraction of sp³-hybridized carbons (Fsp3) is 0.278. The summed E-state index contributed by atoms with van der Waals surface area (Å²) in [4.78, 5) is 12.6. The molecule has 0 bridgehead atoms. The number of ether oxygens (including phenoxy) is 1. The Morgan fingerprint density at radius 3 is 2.30 bits per heavy atom. The molecule has 0 aliphatic heterocycles. The highest BCUT2D eigenvalue weighted by atomic mass is 32.2. The molecule has 1 saturated carbocycles. The third-order valence-corrected chi connectivity index (χ3v) is 6.08. The molecular formula is C18H17FO3S. The SMILES string of the molecule is CC1(C(=O)OCc2ccccc2)CC1(F)S(=O)c1ccccc1. The first-order valence-electron chi connectivity index (χ1n) is 7.34. The van der Waals surface area contributed by atoms with Crippen molar-refractivity contribution >= 4 is 16.8 Å². The molecule has 3 rings (SSSR count). The molecule has 0 N–H and O–H groups in total. The van der Waals surface area contributed by atoms with E-state index in [1.54, 1.807) is 30.3 Å². The first-order chi connectivity index (χ1) is 11.0. The lowest BCUT2D eigenvalue weighted by molar-refractivity contribution is -0.152. The van der Waals surface area contributed by atoms with E-state index in [1.807, 2.05) is 30.3 Å². The minimum atomic E-state index is -2.07. The second-order valence-corrected chi connectivity index (χ2v) is 7.54. The van der Waals surface area contributed by atoms with Crippen LogP contribution in [0.4, 0.5) is 4.39 Å². The molecule has 2 aromatic rings. The smallest absolute Gasteiger partial charge is 0.316 e. The topological polar surface area (TPSA) is 43.4 Å². The van der Waals surface area contributed by atoms with Crippen molar-refractivity contribution in [1.82, 2.24) is 0 Å². The predicted molar refractivity (Wildman–Crippen MR) is 85.7 cm³/mol. The number of carbonyl (C=O) groups excluding carboxylic acids is 1. The van der Waals surface area contributed by atoms with Crippen molar-refractivity contribution < 1.29 is 18.1 Å². The second kappa shape index (κ2) is 5.89. The van der Waals surface area contributed by atoms with Crippen LogP contribution in [0.3, 0.4) is 0 Å². The Labute approximate surface area is 136 Å². The zero-order valence-corrected chi connectivity index (χ0v) is 13.5. The van der Waals surface area contributed by atoms with E-state index >= 15 is 4.39 Å². The summed E-state index contributed by atoms with van der Waals surface area (Å²) in [5.74, 6) is -0.645. The van der Waals surface area contributed by atoms with Crippen molar-refractivity contribution in [2.45, 2.75) is 29.8 Å².